The second-order valence-corrected chi connectivity index (χ2v) is 6.31. The van der Waals surface area contributed by atoms with Crippen LogP contribution in [0.2, 0.25) is 0 Å². The number of methoxy groups -OCH3 is 1. The molecule has 0 bridgehead atoms. The zero-order valence-electron chi connectivity index (χ0n) is 9.62. The van der Waals surface area contributed by atoms with Crippen molar-refractivity contribution in [3.8, 4) is 0 Å². The van der Waals surface area contributed by atoms with Crippen LogP contribution in [0.4, 0.5) is 0 Å². The molecule has 92 valence electrons. The molecule has 1 atom stereocenters. The first-order chi connectivity index (χ1) is 6.77. The van der Waals surface area contributed by atoms with Crippen molar-refractivity contribution in [2.45, 2.75) is 18.9 Å². The number of hydrogen-bond acceptors (Lipinski definition) is 5. The zero-order valence-corrected chi connectivity index (χ0v) is 10.4. The fraction of sp³-hybridized carbons (Fsp3) is 1.00. The van der Waals surface area contributed by atoms with E-state index < -0.39 is 15.4 Å². The number of rotatable bonds is 8. The lowest BCUT2D eigenvalue weighted by Crippen LogP contribution is -2.40. The van der Waals surface area contributed by atoms with Gasteiger partial charge in [-0.05, 0) is 6.92 Å². The molecule has 2 N–H and O–H groups in total. The van der Waals surface area contributed by atoms with Gasteiger partial charge in [0.1, 0.15) is 9.84 Å². The summed E-state index contributed by atoms with van der Waals surface area (Å²) < 4.78 is 26.5. The van der Waals surface area contributed by atoms with E-state index in [2.05, 4.69) is 5.32 Å². The highest BCUT2D eigenvalue weighted by atomic mass is 32.2. The highest BCUT2D eigenvalue weighted by molar-refractivity contribution is 7.90. The molecule has 1 unspecified atom stereocenters. The van der Waals surface area contributed by atoms with Crippen LogP contribution in [-0.4, -0.2) is 57.9 Å². The first-order valence-electron chi connectivity index (χ1n) is 4.87. The van der Waals surface area contributed by atoms with Gasteiger partial charge in [0.2, 0.25) is 0 Å². The molecular formula is C9H21NO4S. The van der Waals surface area contributed by atoms with Gasteiger partial charge in [0.05, 0.1) is 11.4 Å². The highest BCUT2D eigenvalue weighted by Gasteiger charge is 2.19. The molecule has 0 aliphatic heterocycles. The second kappa shape index (κ2) is 6.42. The molecule has 0 spiro atoms. The van der Waals surface area contributed by atoms with E-state index in [1.807, 2.05) is 0 Å². The lowest BCUT2D eigenvalue weighted by atomic mass is 10.0. The zero-order chi connectivity index (χ0) is 11.9. The Bertz CT molecular complexity index is 261. The number of ether oxygens (including phenoxy) is 1. The summed E-state index contributed by atoms with van der Waals surface area (Å²) in [7, 11) is -1.35. The van der Waals surface area contributed by atoms with Crippen LogP contribution < -0.4 is 5.32 Å². The van der Waals surface area contributed by atoms with Crippen LogP contribution in [0.3, 0.4) is 0 Å². The van der Waals surface area contributed by atoms with E-state index in [1.165, 1.54) is 6.26 Å². The first kappa shape index (κ1) is 14.8. The van der Waals surface area contributed by atoms with Crippen molar-refractivity contribution < 1.29 is 18.3 Å². The van der Waals surface area contributed by atoms with Gasteiger partial charge in [-0.15, -0.1) is 0 Å². The van der Waals surface area contributed by atoms with Gasteiger partial charge in [0, 0.05) is 39.5 Å². The molecule has 0 radical (unpaired) electrons. The number of aliphatic hydroxyl groups is 1. The fourth-order valence-electron chi connectivity index (χ4n) is 1.03. The molecule has 0 heterocycles. The first-order valence-corrected chi connectivity index (χ1v) is 6.93. The lowest BCUT2D eigenvalue weighted by Gasteiger charge is -2.23. The number of nitrogens with one attached hydrogen (secondary N) is 1. The predicted molar refractivity (Wildman–Crippen MR) is 59.7 cm³/mol. The van der Waals surface area contributed by atoms with Crippen LogP contribution in [-0.2, 0) is 14.6 Å². The standard InChI is InChI=1S/C9H21NO4S/c1-9(11,4-6-14-2)8-10-5-7-15(3,12)13/h10-11H,4-8H2,1-3H3. The van der Waals surface area contributed by atoms with Gasteiger partial charge in [-0.1, -0.05) is 0 Å². The summed E-state index contributed by atoms with van der Waals surface area (Å²) in [4.78, 5) is 0. The summed E-state index contributed by atoms with van der Waals surface area (Å²) >= 11 is 0. The Hall–Kier alpha value is -0.170. The average molecular weight is 239 g/mol. The van der Waals surface area contributed by atoms with Crippen LogP contribution in [0.15, 0.2) is 0 Å². The third-order valence-electron chi connectivity index (χ3n) is 2.00. The third-order valence-corrected chi connectivity index (χ3v) is 2.95. The van der Waals surface area contributed by atoms with Crippen LogP contribution in [0, 0.1) is 0 Å². The van der Waals surface area contributed by atoms with Crippen LogP contribution in [0.5, 0.6) is 0 Å². The van der Waals surface area contributed by atoms with E-state index in [9.17, 15) is 13.5 Å². The average Bonchev–Trinajstić information content (AvgIpc) is 2.08. The predicted octanol–water partition coefficient (Wildman–Crippen LogP) is -0.592. The number of hydrogen-bond donors (Lipinski definition) is 2. The third kappa shape index (κ3) is 10.1. The van der Waals surface area contributed by atoms with Crippen molar-refractivity contribution in [3.05, 3.63) is 0 Å². The van der Waals surface area contributed by atoms with E-state index in [-0.39, 0.29) is 5.75 Å². The molecular weight excluding hydrogens is 218 g/mol. The van der Waals surface area contributed by atoms with Crippen molar-refractivity contribution >= 4 is 9.84 Å². The van der Waals surface area contributed by atoms with Crippen molar-refractivity contribution in [2.24, 2.45) is 0 Å². The Balaban J connectivity index is 3.66. The molecule has 0 aromatic rings. The smallest absolute Gasteiger partial charge is 0.148 e. The highest BCUT2D eigenvalue weighted by Crippen LogP contribution is 2.07. The summed E-state index contributed by atoms with van der Waals surface area (Å²) in [6.45, 7) is 2.91. The molecule has 0 aliphatic rings. The molecule has 15 heavy (non-hydrogen) atoms. The molecule has 0 amide bonds. The van der Waals surface area contributed by atoms with E-state index in [4.69, 9.17) is 4.74 Å². The van der Waals surface area contributed by atoms with Crippen LogP contribution in [0.25, 0.3) is 0 Å². The van der Waals surface area contributed by atoms with Crippen LogP contribution >= 0.6 is 0 Å². The Labute approximate surface area is 91.7 Å². The molecule has 0 saturated heterocycles. The van der Waals surface area contributed by atoms with Gasteiger partial charge in [0.15, 0.2) is 0 Å². The summed E-state index contributed by atoms with van der Waals surface area (Å²) in [5.41, 5.74) is -0.854. The number of sulfone groups is 1. The van der Waals surface area contributed by atoms with Gasteiger partial charge in [-0.2, -0.15) is 0 Å². The molecule has 0 aromatic carbocycles. The maximum Gasteiger partial charge on any atom is 0.148 e. The Kier molecular flexibility index (Phi) is 6.35. The minimum Gasteiger partial charge on any atom is -0.389 e. The quantitative estimate of drug-likeness (QED) is 0.554. The Morgan fingerprint density at radius 2 is 2.07 bits per heavy atom. The van der Waals surface area contributed by atoms with Crippen molar-refractivity contribution in [2.75, 3.05) is 38.8 Å². The van der Waals surface area contributed by atoms with Gasteiger partial charge >= 0.3 is 0 Å². The van der Waals surface area contributed by atoms with Gasteiger partial charge in [0.25, 0.3) is 0 Å². The topological polar surface area (TPSA) is 75.6 Å². The molecule has 6 heteroatoms. The van der Waals surface area contributed by atoms with Gasteiger partial charge in [-0.3, -0.25) is 0 Å². The van der Waals surface area contributed by atoms with Crippen molar-refractivity contribution in [3.63, 3.8) is 0 Å². The molecule has 0 rings (SSSR count). The summed E-state index contributed by atoms with van der Waals surface area (Å²) in [6, 6.07) is 0. The summed E-state index contributed by atoms with van der Waals surface area (Å²) in [5.74, 6) is 0.0906. The largest absolute Gasteiger partial charge is 0.389 e. The van der Waals surface area contributed by atoms with Gasteiger partial charge < -0.3 is 15.2 Å². The maximum absolute atomic E-state index is 10.8. The lowest BCUT2D eigenvalue weighted by molar-refractivity contribution is 0.0254. The molecule has 0 saturated carbocycles. The van der Waals surface area contributed by atoms with E-state index in [0.717, 1.165) is 0 Å². The van der Waals surface area contributed by atoms with Crippen molar-refractivity contribution in [1.82, 2.24) is 5.32 Å². The minimum absolute atomic E-state index is 0.0906. The van der Waals surface area contributed by atoms with Crippen LogP contribution in [0.1, 0.15) is 13.3 Å². The molecule has 0 aliphatic carbocycles. The van der Waals surface area contributed by atoms with E-state index in [0.29, 0.717) is 26.1 Å². The maximum atomic E-state index is 10.8. The fourth-order valence-corrected chi connectivity index (χ4v) is 1.54. The van der Waals surface area contributed by atoms with E-state index in [1.54, 1.807) is 14.0 Å². The van der Waals surface area contributed by atoms with Gasteiger partial charge in [-0.25, -0.2) is 8.42 Å². The molecule has 5 nitrogen and oxygen atoms in total. The SMILES string of the molecule is COCCC(C)(O)CNCCS(C)(=O)=O. The van der Waals surface area contributed by atoms with Crippen molar-refractivity contribution in [1.29, 1.82) is 0 Å². The molecule has 0 aromatic heterocycles. The monoisotopic (exact) mass is 239 g/mol. The Morgan fingerprint density at radius 1 is 1.47 bits per heavy atom. The van der Waals surface area contributed by atoms with E-state index >= 15 is 0 Å². The summed E-state index contributed by atoms with van der Waals surface area (Å²) in [5, 5.41) is 12.7. The summed E-state index contributed by atoms with van der Waals surface area (Å²) in [6.07, 6.45) is 1.72. The minimum atomic E-state index is -2.93. The Morgan fingerprint density at radius 3 is 2.53 bits per heavy atom. The molecule has 0 fully saturated rings. The normalized spacial score (nSPS) is 16.3. The second-order valence-electron chi connectivity index (χ2n) is 4.05.